The predicted molar refractivity (Wildman–Crippen MR) is 167 cm³/mol. The van der Waals surface area contributed by atoms with Crippen LogP contribution in [0.4, 0.5) is 5.13 Å². The quantitative estimate of drug-likeness (QED) is 0.0874. The van der Waals surface area contributed by atoms with Crippen molar-refractivity contribution in [3.05, 3.63) is 106 Å². The summed E-state index contributed by atoms with van der Waals surface area (Å²) in [7, 11) is 0. The van der Waals surface area contributed by atoms with Crippen LogP contribution in [0.5, 0.6) is 17.2 Å². The van der Waals surface area contributed by atoms with E-state index < -0.39 is 23.7 Å². The third-order valence-electron chi connectivity index (χ3n) is 6.76. The number of aliphatic hydroxyl groups excluding tert-OH is 1. The van der Waals surface area contributed by atoms with Crippen molar-refractivity contribution in [2.24, 2.45) is 5.92 Å². The van der Waals surface area contributed by atoms with Crippen molar-refractivity contribution in [1.82, 2.24) is 4.98 Å². The van der Waals surface area contributed by atoms with E-state index in [0.29, 0.717) is 46.6 Å². The summed E-state index contributed by atoms with van der Waals surface area (Å²) >= 11 is 0.950. The number of para-hydroxylation sites is 1. The standard InChI is InChI=1S/C34H32N2O7S/c1-5-41-33(40)31-21(4)35-34(44-31)36-28(23-10-9-13-26(18-23)43-25-11-7-6-8-12-25)27(30(38)32(36)39)29(37)22-14-16-24(17-15-22)42-19-20(2)3/h6-18,20,28,37H,5,19H2,1-4H3/b29-27+. The van der Waals surface area contributed by atoms with Crippen LogP contribution in [0.1, 0.15) is 53.3 Å². The average molecular weight is 613 g/mol. The number of esters is 1. The fourth-order valence-corrected chi connectivity index (χ4v) is 5.70. The van der Waals surface area contributed by atoms with Crippen LogP contribution in [0.25, 0.3) is 5.76 Å². The molecule has 0 aliphatic carbocycles. The van der Waals surface area contributed by atoms with Crippen molar-refractivity contribution in [2.45, 2.75) is 33.7 Å². The average Bonchev–Trinajstić information content (AvgIpc) is 3.53. The lowest BCUT2D eigenvalue weighted by Gasteiger charge is -2.23. The van der Waals surface area contributed by atoms with Crippen molar-refractivity contribution in [3.63, 3.8) is 0 Å². The van der Waals surface area contributed by atoms with Gasteiger partial charge in [0, 0.05) is 5.56 Å². The molecule has 1 aromatic heterocycles. The lowest BCUT2D eigenvalue weighted by molar-refractivity contribution is -0.132. The lowest BCUT2D eigenvalue weighted by Crippen LogP contribution is -2.29. The number of aryl methyl sites for hydroxylation is 1. The number of ether oxygens (including phenoxy) is 3. The maximum Gasteiger partial charge on any atom is 0.350 e. The van der Waals surface area contributed by atoms with Gasteiger partial charge in [-0.2, -0.15) is 0 Å². The van der Waals surface area contributed by atoms with E-state index >= 15 is 0 Å². The molecular formula is C34H32N2O7S. The molecular weight excluding hydrogens is 580 g/mol. The van der Waals surface area contributed by atoms with E-state index in [0.717, 1.165) is 11.3 Å². The largest absolute Gasteiger partial charge is 0.507 e. The molecule has 0 spiro atoms. The zero-order valence-corrected chi connectivity index (χ0v) is 25.6. The fourth-order valence-electron chi connectivity index (χ4n) is 4.72. The summed E-state index contributed by atoms with van der Waals surface area (Å²) in [4.78, 5) is 45.8. The van der Waals surface area contributed by atoms with Crippen LogP contribution in [0.2, 0.25) is 0 Å². The number of ketones is 1. The highest BCUT2D eigenvalue weighted by molar-refractivity contribution is 7.17. The summed E-state index contributed by atoms with van der Waals surface area (Å²) in [5, 5.41) is 11.7. The van der Waals surface area contributed by atoms with E-state index in [2.05, 4.69) is 4.98 Å². The van der Waals surface area contributed by atoms with Crippen LogP contribution in [0.15, 0.2) is 84.4 Å². The van der Waals surface area contributed by atoms with Crippen molar-refractivity contribution in [3.8, 4) is 17.2 Å². The highest BCUT2D eigenvalue weighted by Crippen LogP contribution is 2.45. The third kappa shape index (κ3) is 6.35. The molecule has 0 radical (unpaired) electrons. The molecule has 1 atom stereocenters. The molecule has 226 valence electrons. The van der Waals surface area contributed by atoms with Gasteiger partial charge in [0.1, 0.15) is 27.9 Å². The molecule has 44 heavy (non-hydrogen) atoms. The number of amides is 1. The molecule has 2 heterocycles. The van der Waals surface area contributed by atoms with E-state index in [9.17, 15) is 19.5 Å². The summed E-state index contributed by atoms with van der Waals surface area (Å²) in [6.45, 7) is 8.11. The Labute approximate surface area is 259 Å². The molecule has 10 heteroatoms. The minimum atomic E-state index is -1.06. The van der Waals surface area contributed by atoms with Gasteiger partial charge < -0.3 is 19.3 Å². The first-order valence-corrected chi connectivity index (χ1v) is 15.0. The van der Waals surface area contributed by atoms with Gasteiger partial charge >= 0.3 is 11.9 Å². The second-order valence-electron chi connectivity index (χ2n) is 10.5. The Morgan fingerprint density at radius 3 is 2.36 bits per heavy atom. The van der Waals surface area contributed by atoms with Crippen molar-refractivity contribution in [1.29, 1.82) is 0 Å². The van der Waals surface area contributed by atoms with Crippen molar-refractivity contribution >= 4 is 39.9 Å². The second-order valence-corrected chi connectivity index (χ2v) is 11.5. The maximum atomic E-state index is 13.7. The normalized spacial score (nSPS) is 15.9. The molecule has 3 aromatic carbocycles. The van der Waals surface area contributed by atoms with E-state index in [-0.39, 0.29) is 27.9 Å². The second kappa shape index (κ2) is 13.1. The summed E-state index contributed by atoms with van der Waals surface area (Å²) < 4.78 is 16.9. The third-order valence-corrected chi connectivity index (χ3v) is 7.90. The van der Waals surface area contributed by atoms with E-state index in [1.807, 2.05) is 44.2 Å². The van der Waals surface area contributed by atoms with Crippen molar-refractivity contribution < 1.29 is 33.7 Å². The topological polar surface area (TPSA) is 115 Å². The van der Waals surface area contributed by atoms with Gasteiger partial charge in [-0.05, 0) is 73.9 Å². The zero-order valence-electron chi connectivity index (χ0n) is 24.8. The molecule has 4 aromatic rings. The lowest BCUT2D eigenvalue weighted by atomic mass is 9.95. The van der Waals surface area contributed by atoms with Gasteiger partial charge in [0.2, 0.25) is 0 Å². The number of thiazole rings is 1. The molecule has 1 amide bonds. The number of Topliss-reactive ketones (excluding diaryl/α,β-unsaturated/α-hetero) is 1. The number of nitrogens with zero attached hydrogens (tertiary/aromatic N) is 2. The predicted octanol–water partition coefficient (Wildman–Crippen LogP) is 7.08. The van der Waals surface area contributed by atoms with Gasteiger partial charge in [-0.1, -0.05) is 55.5 Å². The summed E-state index contributed by atoms with van der Waals surface area (Å²) in [6, 6.07) is 21.7. The molecule has 1 aliphatic heterocycles. The van der Waals surface area contributed by atoms with Crippen LogP contribution >= 0.6 is 11.3 Å². The van der Waals surface area contributed by atoms with Crippen molar-refractivity contribution in [2.75, 3.05) is 18.1 Å². The smallest absolute Gasteiger partial charge is 0.350 e. The molecule has 1 saturated heterocycles. The highest BCUT2D eigenvalue weighted by atomic mass is 32.1. The Kier molecular flexibility index (Phi) is 9.10. The molecule has 1 fully saturated rings. The molecule has 1 aliphatic rings. The summed E-state index contributed by atoms with van der Waals surface area (Å²) in [5.41, 5.74) is 1.08. The van der Waals surface area contributed by atoms with Gasteiger partial charge in [-0.25, -0.2) is 9.78 Å². The molecule has 5 rings (SSSR count). The van der Waals surface area contributed by atoms with Crippen LogP contribution in [0.3, 0.4) is 0 Å². The summed E-state index contributed by atoms with van der Waals surface area (Å²) in [6.07, 6.45) is 0. The Bertz CT molecular complexity index is 1710. The number of anilines is 1. The molecule has 1 N–H and O–H groups in total. The number of aliphatic hydroxyl groups is 1. The van der Waals surface area contributed by atoms with Crippen LogP contribution < -0.4 is 14.4 Å². The van der Waals surface area contributed by atoms with Gasteiger partial charge in [-0.15, -0.1) is 0 Å². The Balaban J connectivity index is 1.61. The first-order valence-electron chi connectivity index (χ1n) is 14.2. The number of carbonyl (C=O) groups excluding carboxylic acids is 3. The van der Waals surface area contributed by atoms with E-state index in [1.165, 1.54) is 4.90 Å². The summed E-state index contributed by atoms with van der Waals surface area (Å²) in [5.74, 6) is -0.664. The Morgan fingerprint density at radius 2 is 1.68 bits per heavy atom. The Morgan fingerprint density at radius 1 is 0.977 bits per heavy atom. The Hall–Kier alpha value is -4.96. The van der Waals surface area contributed by atoms with E-state index in [4.69, 9.17) is 14.2 Å². The van der Waals surface area contributed by atoms with Crippen LogP contribution in [0, 0.1) is 12.8 Å². The van der Waals surface area contributed by atoms with Crippen LogP contribution in [-0.4, -0.2) is 41.0 Å². The minimum absolute atomic E-state index is 0.117. The number of hydrogen-bond donors (Lipinski definition) is 1. The van der Waals surface area contributed by atoms with Gasteiger partial charge in [0.05, 0.1) is 30.5 Å². The molecule has 0 saturated carbocycles. The fraction of sp³-hybridized carbons (Fsp3) is 0.235. The first kappa shape index (κ1) is 30.5. The number of aromatic nitrogens is 1. The van der Waals surface area contributed by atoms with Gasteiger partial charge in [0.15, 0.2) is 5.13 Å². The highest BCUT2D eigenvalue weighted by Gasteiger charge is 2.48. The minimum Gasteiger partial charge on any atom is -0.507 e. The SMILES string of the molecule is CCOC(=O)c1sc(N2C(=O)C(=O)/C(=C(/O)c3ccc(OCC(C)C)cc3)C2c2cccc(Oc3ccccc3)c2)nc1C. The number of hydrogen-bond acceptors (Lipinski definition) is 9. The first-order chi connectivity index (χ1) is 21.2. The zero-order chi connectivity index (χ0) is 31.4. The van der Waals surface area contributed by atoms with Crippen LogP contribution in [-0.2, 0) is 14.3 Å². The van der Waals surface area contributed by atoms with Gasteiger partial charge in [0.25, 0.3) is 5.78 Å². The number of rotatable bonds is 10. The van der Waals surface area contributed by atoms with Gasteiger partial charge in [-0.3, -0.25) is 14.5 Å². The monoisotopic (exact) mass is 612 g/mol. The number of carbonyl (C=O) groups is 3. The molecule has 0 bridgehead atoms. The maximum absolute atomic E-state index is 13.7. The van der Waals surface area contributed by atoms with E-state index in [1.54, 1.807) is 62.4 Å². The molecule has 9 nitrogen and oxygen atoms in total. The number of benzene rings is 3. The molecule has 1 unspecified atom stereocenters.